The van der Waals surface area contributed by atoms with Gasteiger partial charge >= 0.3 is 5.97 Å². The highest BCUT2D eigenvalue weighted by molar-refractivity contribution is 7.19. The molecule has 4 rings (SSSR count). The highest BCUT2D eigenvalue weighted by atomic mass is 35.5. The summed E-state index contributed by atoms with van der Waals surface area (Å²) in [5.41, 5.74) is 4.42. The molecule has 5 nitrogen and oxygen atoms in total. The number of carbonyl (C=O) groups is 1. The molecule has 0 saturated heterocycles. The predicted octanol–water partition coefficient (Wildman–Crippen LogP) is 6.04. The lowest BCUT2D eigenvalue weighted by Crippen LogP contribution is -2.02. The third-order valence-corrected chi connectivity index (χ3v) is 6.04. The van der Waals surface area contributed by atoms with E-state index in [1.165, 1.54) is 16.9 Å². The van der Waals surface area contributed by atoms with E-state index in [1.807, 2.05) is 35.0 Å². The maximum absolute atomic E-state index is 11.1. The Kier molecular flexibility index (Phi) is 6.51. The minimum Gasteiger partial charge on any atom is -0.478 e. The van der Waals surface area contributed by atoms with Gasteiger partial charge in [0.2, 0.25) is 0 Å². The molecule has 0 fully saturated rings. The Hall–Kier alpha value is -2.93. The maximum atomic E-state index is 11.1. The van der Waals surface area contributed by atoms with Crippen LogP contribution >= 0.6 is 22.9 Å². The van der Waals surface area contributed by atoms with Crippen LogP contribution < -0.4 is 0 Å². The summed E-state index contributed by atoms with van der Waals surface area (Å²) in [5.74, 6) is -0.121. The molecule has 2 heterocycles. The van der Waals surface area contributed by atoms with Crippen LogP contribution in [0.2, 0.25) is 4.34 Å². The molecule has 0 atom stereocenters. The Bertz CT molecular complexity index is 1180. The van der Waals surface area contributed by atoms with Crippen molar-refractivity contribution in [3.05, 3.63) is 99.1 Å². The molecule has 0 amide bonds. The van der Waals surface area contributed by atoms with Crippen molar-refractivity contribution in [1.82, 2.24) is 9.55 Å². The number of rotatable bonds is 8. The van der Waals surface area contributed by atoms with Crippen LogP contribution in [0.15, 0.2) is 66.9 Å². The number of imidazole rings is 1. The second-order valence-corrected chi connectivity index (χ2v) is 8.98. The van der Waals surface area contributed by atoms with Crippen molar-refractivity contribution in [3.63, 3.8) is 0 Å². The molecule has 0 saturated carbocycles. The SMILES string of the molecule is Cc1ccc(COCc2cn(Cc3ccc(C(=O)O)cc3)c(-c3ccc(Cl)s3)n2)cc1. The standard InChI is InChI=1S/C24H21ClN2O3S/c1-16-2-4-18(5-3-16)14-30-15-20-13-27(23(26-20)21-10-11-22(25)31-21)12-17-6-8-19(9-7-17)24(28)29/h2-11,13H,12,14-15H2,1H3,(H,28,29). The van der Waals surface area contributed by atoms with Crippen molar-refractivity contribution >= 4 is 28.9 Å². The van der Waals surface area contributed by atoms with Gasteiger partial charge in [-0.2, -0.15) is 0 Å². The lowest BCUT2D eigenvalue weighted by Gasteiger charge is -2.07. The van der Waals surface area contributed by atoms with E-state index in [2.05, 4.69) is 31.2 Å². The largest absolute Gasteiger partial charge is 0.478 e. The second kappa shape index (κ2) is 9.47. The first-order valence-electron chi connectivity index (χ1n) is 9.75. The maximum Gasteiger partial charge on any atom is 0.335 e. The van der Waals surface area contributed by atoms with E-state index in [-0.39, 0.29) is 5.56 Å². The summed E-state index contributed by atoms with van der Waals surface area (Å²) in [4.78, 5) is 16.8. The molecule has 0 aliphatic rings. The molecular formula is C24H21ClN2O3S. The van der Waals surface area contributed by atoms with Gasteiger partial charge in [-0.1, -0.05) is 53.6 Å². The van der Waals surface area contributed by atoms with Crippen LogP contribution in [0.1, 0.15) is 32.7 Å². The van der Waals surface area contributed by atoms with E-state index in [9.17, 15) is 4.79 Å². The predicted molar refractivity (Wildman–Crippen MR) is 123 cm³/mol. The number of halogens is 1. The first-order chi connectivity index (χ1) is 15.0. The molecule has 158 valence electrons. The number of nitrogens with zero attached hydrogens (tertiary/aromatic N) is 2. The zero-order chi connectivity index (χ0) is 21.8. The van der Waals surface area contributed by atoms with Crippen LogP contribution in [-0.4, -0.2) is 20.6 Å². The van der Waals surface area contributed by atoms with Crippen LogP contribution in [0, 0.1) is 6.92 Å². The summed E-state index contributed by atoms with van der Waals surface area (Å²) in [6, 6.07) is 18.9. The number of carboxylic acids is 1. The second-order valence-electron chi connectivity index (χ2n) is 7.27. The summed E-state index contributed by atoms with van der Waals surface area (Å²) in [6.45, 7) is 3.54. The van der Waals surface area contributed by atoms with Gasteiger partial charge in [-0.25, -0.2) is 9.78 Å². The third-order valence-electron chi connectivity index (χ3n) is 4.81. The number of aromatic nitrogens is 2. The molecule has 31 heavy (non-hydrogen) atoms. The van der Waals surface area contributed by atoms with Gasteiger partial charge in [0, 0.05) is 12.7 Å². The van der Waals surface area contributed by atoms with Gasteiger partial charge in [-0.05, 0) is 42.3 Å². The van der Waals surface area contributed by atoms with Crippen molar-refractivity contribution in [2.45, 2.75) is 26.7 Å². The quantitative estimate of drug-likeness (QED) is 0.354. The normalized spacial score (nSPS) is 11.0. The van der Waals surface area contributed by atoms with Gasteiger partial charge in [0.1, 0.15) is 0 Å². The van der Waals surface area contributed by atoms with E-state index >= 15 is 0 Å². The number of thiophene rings is 1. The molecular weight excluding hydrogens is 432 g/mol. The zero-order valence-electron chi connectivity index (χ0n) is 16.9. The first-order valence-corrected chi connectivity index (χ1v) is 10.9. The molecule has 7 heteroatoms. The Labute approximate surface area is 189 Å². The van der Waals surface area contributed by atoms with Gasteiger partial charge in [0.25, 0.3) is 0 Å². The van der Waals surface area contributed by atoms with Crippen LogP contribution in [0.3, 0.4) is 0 Å². The Morgan fingerprint density at radius 3 is 2.39 bits per heavy atom. The van der Waals surface area contributed by atoms with Crippen LogP contribution in [0.4, 0.5) is 0 Å². The van der Waals surface area contributed by atoms with Gasteiger partial charge in [-0.15, -0.1) is 11.3 Å². The van der Waals surface area contributed by atoms with E-state index in [0.717, 1.165) is 27.5 Å². The monoisotopic (exact) mass is 452 g/mol. The Morgan fingerprint density at radius 1 is 1.03 bits per heavy atom. The fourth-order valence-electron chi connectivity index (χ4n) is 3.20. The van der Waals surface area contributed by atoms with E-state index in [4.69, 9.17) is 26.4 Å². The van der Waals surface area contributed by atoms with Gasteiger partial charge in [-0.3, -0.25) is 0 Å². The molecule has 0 unspecified atom stereocenters. The van der Waals surface area contributed by atoms with E-state index in [1.54, 1.807) is 12.1 Å². The number of hydrogen-bond donors (Lipinski definition) is 1. The molecule has 0 aliphatic carbocycles. The lowest BCUT2D eigenvalue weighted by molar-refractivity contribution is 0.0697. The van der Waals surface area contributed by atoms with Crippen molar-refractivity contribution < 1.29 is 14.6 Å². The molecule has 0 bridgehead atoms. The molecule has 2 aromatic carbocycles. The number of benzene rings is 2. The number of ether oxygens (including phenoxy) is 1. The lowest BCUT2D eigenvalue weighted by atomic mass is 10.1. The fourth-order valence-corrected chi connectivity index (χ4v) is 4.25. The van der Waals surface area contributed by atoms with Crippen LogP contribution in [-0.2, 0) is 24.5 Å². The zero-order valence-corrected chi connectivity index (χ0v) is 18.5. The topological polar surface area (TPSA) is 64.3 Å². The molecule has 0 aliphatic heterocycles. The van der Waals surface area contributed by atoms with Crippen molar-refractivity contribution in [1.29, 1.82) is 0 Å². The highest BCUT2D eigenvalue weighted by Gasteiger charge is 2.13. The van der Waals surface area contributed by atoms with Crippen molar-refractivity contribution in [2.75, 3.05) is 0 Å². The van der Waals surface area contributed by atoms with Crippen LogP contribution in [0.5, 0.6) is 0 Å². The summed E-state index contributed by atoms with van der Waals surface area (Å²) in [6.07, 6.45) is 1.98. The molecule has 2 aromatic heterocycles. The fraction of sp³-hybridized carbons (Fsp3) is 0.167. The number of carboxylic acid groups (broad SMARTS) is 1. The molecule has 1 N–H and O–H groups in total. The Morgan fingerprint density at radius 2 is 1.74 bits per heavy atom. The van der Waals surface area contributed by atoms with Gasteiger partial charge in [0.15, 0.2) is 5.82 Å². The highest BCUT2D eigenvalue weighted by Crippen LogP contribution is 2.31. The molecule has 0 spiro atoms. The molecule has 4 aromatic rings. The summed E-state index contributed by atoms with van der Waals surface area (Å²) in [5, 5.41) is 9.10. The van der Waals surface area contributed by atoms with Gasteiger partial charge < -0.3 is 14.4 Å². The minimum atomic E-state index is -0.934. The van der Waals surface area contributed by atoms with E-state index < -0.39 is 5.97 Å². The number of hydrogen-bond acceptors (Lipinski definition) is 4. The smallest absolute Gasteiger partial charge is 0.335 e. The first kappa shape index (κ1) is 21.3. The average Bonchev–Trinajstić information content (AvgIpc) is 3.36. The van der Waals surface area contributed by atoms with Crippen molar-refractivity contribution in [3.8, 4) is 10.7 Å². The Balaban J connectivity index is 1.52. The molecule has 0 radical (unpaired) electrons. The van der Waals surface area contributed by atoms with E-state index in [0.29, 0.717) is 24.1 Å². The van der Waals surface area contributed by atoms with Crippen LogP contribution in [0.25, 0.3) is 10.7 Å². The number of aromatic carboxylic acids is 1. The van der Waals surface area contributed by atoms with Gasteiger partial charge in [0.05, 0.1) is 33.7 Å². The third kappa shape index (κ3) is 5.41. The minimum absolute atomic E-state index is 0.268. The summed E-state index contributed by atoms with van der Waals surface area (Å²) in [7, 11) is 0. The summed E-state index contributed by atoms with van der Waals surface area (Å²) >= 11 is 7.61. The average molecular weight is 453 g/mol. The van der Waals surface area contributed by atoms with Crippen molar-refractivity contribution in [2.24, 2.45) is 0 Å². The number of aryl methyl sites for hydroxylation is 1. The summed E-state index contributed by atoms with van der Waals surface area (Å²) < 4.78 is 8.63.